The van der Waals surface area contributed by atoms with E-state index in [2.05, 4.69) is 10.1 Å². The first-order valence-corrected chi connectivity index (χ1v) is 11.6. The zero-order chi connectivity index (χ0) is 24.7. The fourth-order valence-electron chi connectivity index (χ4n) is 3.90. The van der Waals surface area contributed by atoms with Gasteiger partial charge >= 0.3 is 11.4 Å². The molecule has 1 aliphatic heterocycles. The number of rotatable bonds is 4. The number of amides is 1. The van der Waals surface area contributed by atoms with Crippen molar-refractivity contribution in [1.29, 1.82) is 0 Å². The van der Waals surface area contributed by atoms with Gasteiger partial charge in [-0.15, -0.1) is 0 Å². The molecular formula is C25H18F4N4OS. The van der Waals surface area contributed by atoms with Crippen molar-refractivity contribution in [1.82, 2.24) is 14.6 Å². The fraction of sp³-hybridized carbons (Fsp3) is 0.160. The molecule has 0 bridgehead atoms. The molecule has 0 aliphatic carbocycles. The maximum Gasteiger partial charge on any atom is 0.416 e. The van der Waals surface area contributed by atoms with Crippen molar-refractivity contribution < 1.29 is 22.4 Å². The lowest BCUT2D eigenvalue weighted by molar-refractivity contribution is -0.137. The molecule has 1 aliphatic rings. The largest absolute Gasteiger partial charge is 0.416 e. The Bertz CT molecular complexity index is 1460. The van der Waals surface area contributed by atoms with Crippen LogP contribution in [-0.4, -0.2) is 31.3 Å². The van der Waals surface area contributed by atoms with Crippen LogP contribution < -0.4 is 0 Å². The summed E-state index contributed by atoms with van der Waals surface area (Å²) in [6, 6.07) is 16.5. The van der Waals surface area contributed by atoms with Crippen LogP contribution in [0.2, 0.25) is 0 Å². The molecule has 2 heterocycles. The number of hydrazone groups is 1. The molecule has 35 heavy (non-hydrogen) atoms. The Morgan fingerprint density at radius 3 is 2.51 bits per heavy atom. The van der Waals surface area contributed by atoms with Gasteiger partial charge in [-0.2, -0.15) is 18.3 Å². The Balaban J connectivity index is 1.48. The molecule has 1 aromatic heterocycles. The van der Waals surface area contributed by atoms with E-state index in [1.807, 2.05) is 18.2 Å². The number of halogens is 4. The first-order chi connectivity index (χ1) is 16.7. The molecule has 0 N–H and O–H groups in total. The van der Waals surface area contributed by atoms with Crippen LogP contribution in [0.25, 0.3) is 22.4 Å². The number of aromatic nitrogens is 2. The summed E-state index contributed by atoms with van der Waals surface area (Å²) in [6.45, 7) is 0.209. The molecule has 5 nitrogen and oxygen atoms in total. The van der Waals surface area contributed by atoms with Crippen LogP contribution in [0, 0.1) is 5.82 Å². The Morgan fingerprint density at radius 1 is 1.00 bits per heavy atom. The highest BCUT2D eigenvalue weighted by molar-refractivity contribution is 8.14. The van der Waals surface area contributed by atoms with Gasteiger partial charge in [0.25, 0.3) is 0 Å². The topological polar surface area (TPSA) is 50.5 Å². The third kappa shape index (κ3) is 4.66. The Morgan fingerprint density at radius 2 is 1.77 bits per heavy atom. The van der Waals surface area contributed by atoms with Crippen LogP contribution in [0.5, 0.6) is 0 Å². The van der Waals surface area contributed by atoms with Crippen molar-refractivity contribution in [3.05, 3.63) is 89.2 Å². The summed E-state index contributed by atoms with van der Waals surface area (Å²) in [6.07, 6.45) is -4.44. The van der Waals surface area contributed by atoms with Crippen molar-refractivity contribution in [3.63, 3.8) is 0 Å². The maximum absolute atomic E-state index is 13.2. The van der Waals surface area contributed by atoms with E-state index in [0.717, 1.165) is 40.5 Å². The minimum absolute atomic E-state index is 0.205. The number of alkyl halides is 3. The van der Waals surface area contributed by atoms with E-state index in [4.69, 9.17) is 0 Å². The molecule has 3 aromatic carbocycles. The molecule has 4 aromatic rings. The van der Waals surface area contributed by atoms with E-state index >= 15 is 0 Å². The molecule has 0 radical (unpaired) electrons. The van der Waals surface area contributed by atoms with Gasteiger partial charge < -0.3 is 4.57 Å². The second-order valence-electron chi connectivity index (χ2n) is 8.06. The number of thioether (sulfide) groups is 1. The molecule has 0 atom stereocenters. The fourth-order valence-corrected chi connectivity index (χ4v) is 4.63. The highest BCUT2D eigenvalue weighted by Crippen LogP contribution is 2.33. The van der Waals surface area contributed by atoms with Crippen LogP contribution in [0.3, 0.4) is 0 Å². The molecule has 0 saturated carbocycles. The second kappa shape index (κ2) is 8.84. The Kier molecular flexibility index (Phi) is 5.84. The van der Waals surface area contributed by atoms with Crippen molar-refractivity contribution in [2.24, 2.45) is 12.1 Å². The van der Waals surface area contributed by atoms with Gasteiger partial charge in [-0.05, 0) is 42.0 Å². The minimum atomic E-state index is -4.44. The van der Waals surface area contributed by atoms with Crippen molar-refractivity contribution >= 4 is 33.7 Å². The van der Waals surface area contributed by atoms with Crippen molar-refractivity contribution in [2.45, 2.75) is 12.7 Å². The lowest BCUT2D eigenvalue weighted by Gasteiger charge is -2.23. The lowest BCUT2D eigenvalue weighted by Crippen LogP contribution is -2.29. The van der Waals surface area contributed by atoms with Gasteiger partial charge in [0.1, 0.15) is 11.6 Å². The van der Waals surface area contributed by atoms with E-state index < -0.39 is 11.7 Å². The predicted octanol–water partition coefficient (Wildman–Crippen LogP) is 6.47. The van der Waals surface area contributed by atoms with Gasteiger partial charge in [0.05, 0.1) is 28.9 Å². The van der Waals surface area contributed by atoms with E-state index in [9.17, 15) is 22.4 Å². The smallest absolute Gasteiger partial charge is 0.327 e. The molecule has 0 saturated heterocycles. The first kappa shape index (κ1) is 23.1. The monoisotopic (exact) mass is 498 g/mol. The van der Waals surface area contributed by atoms with E-state index in [-0.39, 0.29) is 17.6 Å². The van der Waals surface area contributed by atoms with Gasteiger partial charge in [0.2, 0.25) is 0 Å². The van der Waals surface area contributed by atoms with Crippen LogP contribution >= 0.6 is 11.8 Å². The molecule has 5 rings (SSSR count). The van der Waals surface area contributed by atoms with Gasteiger partial charge in [-0.25, -0.2) is 14.4 Å². The minimum Gasteiger partial charge on any atom is -0.327 e. The predicted molar refractivity (Wildman–Crippen MR) is 127 cm³/mol. The highest BCUT2D eigenvalue weighted by Gasteiger charge is 2.31. The van der Waals surface area contributed by atoms with Crippen molar-refractivity contribution in [2.75, 3.05) is 5.75 Å². The zero-order valence-electron chi connectivity index (χ0n) is 18.4. The number of benzene rings is 3. The molecule has 1 amide bonds. The van der Waals surface area contributed by atoms with Crippen LogP contribution in [0.4, 0.5) is 22.4 Å². The number of hydrogen-bond acceptors (Lipinski definition) is 4. The normalized spacial score (nSPS) is 14.5. The molecule has 0 spiro atoms. The Labute approximate surface area is 202 Å². The van der Waals surface area contributed by atoms with Crippen molar-refractivity contribution in [3.8, 4) is 11.4 Å². The van der Waals surface area contributed by atoms with E-state index in [1.54, 1.807) is 29.8 Å². The average Bonchev–Trinajstić information content (AvgIpc) is 3.17. The summed E-state index contributed by atoms with van der Waals surface area (Å²) in [4.78, 5) is 17.0. The number of carbonyl (C=O) groups excluding carboxylic acids is 1. The lowest BCUT2D eigenvalue weighted by atomic mass is 10.1. The number of nitrogens with zero attached hydrogens (tertiary/aromatic N) is 4. The third-order valence-corrected chi connectivity index (χ3v) is 6.57. The van der Waals surface area contributed by atoms with E-state index in [1.165, 1.54) is 23.2 Å². The standard InChI is InChI=1S/C25H18F4N4OS/c1-32-22-10-7-16(12-20(22)30-23(32)17-3-2-4-18(11-17)25(27,28)29)21-14-35-24(34)33(31-21)13-15-5-8-19(26)9-6-15/h2-12H,13-14H2,1H3. The quantitative estimate of drug-likeness (QED) is 0.303. The number of fused-ring (bicyclic) bond motifs is 1. The number of carbonyl (C=O) groups is 1. The second-order valence-corrected chi connectivity index (χ2v) is 8.99. The summed E-state index contributed by atoms with van der Waals surface area (Å²) >= 11 is 1.12. The van der Waals surface area contributed by atoms with Crippen LogP contribution in [-0.2, 0) is 19.8 Å². The summed E-state index contributed by atoms with van der Waals surface area (Å²) in [5, 5.41) is 5.65. The Hall–Kier alpha value is -3.66. The van der Waals surface area contributed by atoms with Gasteiger partial charge in [-0.1, -0.05) is 42.1 Å². The van der Waals surface area contributed by atoms with Gasteiger partial charge in [-0.3, -0.25) is 4.79 Å². The van der Waals surface area contributed by atoms with Gasteiger partial charge in [0, 0.05) is 23.9 Å². The van der Waals surface area contributed by atoms with Crippen LogP contribution in [0.15, 0.2) is 71.8 Å². The van der Waals surface area contributed by atoms with Gasteiger partial charge in [0.15, 0.2) is 0 Å². The zero-order valence-corrected chi connectivity index (χ0v) is 19.2. The third-order valence-electron chi connectivity index (χ3n) is 5.69. The molecule has 10 heteroatoms. The molecule has 0 unspecified atom stereocenters. The number of aryl methyl sites for hydroxylation is 1. The molecular weight excluding hydrogens is 480 g/mol. The van der Waals surface area contributed by atoms with E-state index in [0.29, 0.717) is 28.4 Å². The SMILES string of the molecule is Cn1c(-c2cccc(C(F)(F)F)c2)nc2cc(C3=NN(Cc4ccc(F)cc4)C(=O)SC3)ccc21. The first-order valence-electron chi connectivity index (χ1n) is 10.6. The average molecular weight is 499 g/mol. The number of imidazole rings is 1. The number of hydrogen-bond donors (Lipinski definition) is 0. The van der Waals surface area contributed by atoms with Crippen LogP contribution in [0.1, 0.15) is 16.7 Å². The summed E-state index contributed by atoms with van der Waals surface area (Å²) in [5.74, 6) is 0.430. The summed E-state index contributed by atoms with van der Waals surface area (Å²) in [5.41, 5.74) is 3.16. The maximum atomic E-state index is 13.2. The summed E-state index contributed by atoms with van der Waals surface area (Å²) < 4.78 is 54.5. The molecule has 178 valence electrons. The summed E-state index contributed by atoms with van der Waals surface area (Å²) in [7, 11) is 1.75. The highest BCUT2D eigenvalue weighted by atomic mass is 32.2. The molecule has 0 fully saturated rings.